The van der Waals surface area contributed by atoms with E-state index in [2.05, 4.69) is 45.9 Å². The second-order valence-electron chi connectivity index (χ2n) is 6.96. The number of thiocarbonyl (C=S) groups is 1. The Balaban J connectivity index is 1.76. The van der Waals surface area contributed by atoms with Crippen LogP contribution in [-0.2, 0) is 4.79 Å². The molecule has 0 saturated heterocycles. The van der Waals surface area contributed by atoms with Crippen molar-refractivity contribution in [1.29, 1.82) is 0 Å². The molecule has 31 heavy (non-hydrogen) atoms. The molecule has 2 aromatic rings. The number of rotatable bonds is 8. The number of benzene rings is 2. The van der Waals surface area contributed by atoms with Crippen LogP contribution in [0.3, 0.4) is 0 Å². The van der Waals surface area contributed by atoms with E-state index >= 15 is 0 Å². The number of carbonyl (C=O) groups is 2. The number of hydrogen-bond donors (Lipinski definition) is 3. The van der Waals surface area contributed by atoms with Gasteiger partial charge in [-0.1, -0.05) is 32.9 Å². The molecule has 166 valence electrons. The van der Waals surface area contributed by atoms with Crippen LogP contribution in [-0.4, -0.2) is 30.1 Å². The van der Waals surface area contributed by atoms with Crippen LogP contribution in [0.4, 0.5) is 0 Å². The summed E-state index contributed by atoms with van der Waals surface area (Å²) in [6, 6.07) is 12.5. The molecule has 0 aliphatic heterocycles. The van der Waals surface area contributed by atoms with Crippen LogP contribution >= 0.6 is 28.1 Å². The predicted molar refractivity (Wildman–Crippen MR) is 127 cm³/mol. The molecule has 0 saturated carbocycles. The van der Waals surface area contributed by atoms with Gasteiger partial charge >= 0.3 is 0 Å². The minimum absolute atomic E-state index is 0.0398. The molecule has 0 radical (unpaired) electrons. The number of carbonyl (C=O) groups excluding carboxylic acids is 2. The van der Waals surface area contributed by atoms with Crippen molar-refractivity contribution in [2.45, 2.75) is 33.1 Å². The monoisotopic (exact) mass is 507 g/mol. The fourth-order valence-electron chi connectivity index (χ4n) is 2.44. The summed E-state index contributed by atoms with van der Waals surface area (Å²) >= 11 is 8.43. The molecule has 0 heterocycles. The van der Waals surface area contributed by atoms with Crippen molar-refractivity contribution in [3.63, 3.8) is 0 Å². The average molecular weight is 508 g/mol. The van der Waals surface area contributed by atoms with Crippen molar-refractivity contribution in [2.24, 2.45) is 0 Å². The quantitative estimate of drug-likeness (QED) is 0.368. The Morgan fingerprint density at radius 3 is 2.39 bits per heavy atom. The first-order chi connectivity index (χ1) is 14.8. The van der Waals surface area contributed by atoms with Gasteiger partial charge in [-0.15, -0.1) is 0 Å². The molecule has 2 rings (SSSR count). The Morgan fingerprint density at radius 1 is 1.06 bits per heavy atom. The lowest BCUT2D eigenvalue weighted by Gasteiger charge is -2.12. The van der Waals surface area contributed by atoms with Gasteiger partial charge in [0.05, 0.1) is 11.1 Å². The van der Waals surface area contributed by atoms with Gasteiger partial charge in [-0.3, -0.25) is 25.8 Å². The first-order valence-corrected chi connectivity index (χ1v) is 11.1. The van der Waals surface area contributed by atoms with Crippen LogP contribution in [0.1, 0.15) is 49.0 Å². The van der Waals surface area contributed by atoms with Gasteiger partial charge < -0.3 is 9.47 Å². The van der Waals surface area contributed by atoms with E-state index in [9.17, 15) is 9.59 Å². The van der Waals surface area contributed by atoms with E-state index in [0.717, 1.165) is 6.42 Å². The van der Waals surface area contributed by atoms with Crippen LogP contribution in [0.2, 0.25) is 0 Å². The largest absolute Gasteiger partial charge is 0.492 e. The fraction of sp³-hybridized carbons (Fsp3) is 0.318. The van der Waals surface area contributed by atoms with E-state index in [-0.39, 0.29) is 11.7 Å². The maximum Gasteiger partial charge on any atom is 0.276 e. The summed E-state index contributed by atoms with van der Waals surface area (Å²) in [6.45, 7) is 6.61. The van der Waals surface area contributed by atoms with Crippen LogP contribution in [0.15, 0.2) is 46.9 Å². The van der Waals surface area contributed by atoms with Crippen molar-refractivity contribution in [1.82, 2.24) is 16.2 Å². The summed E-state index contributed by atoms with van der Waals surface area (Å²) in [4.78, 5) is 24.3. The smallest absolute Gasteiger partial charge is 0.276 e. The lowest BCUT2D eigenvalue weighted by Crippen LogP contribution is -2.49. The standard InChI is InChI=1S/C22H26BrN3O4S/c1-4-11-29-19-10-7-16(12-18(19)23)21(28)24-22(31)26-25-20(27)13-30-17-8-5-15(6-9-17)14(2)3/h5-10,12,14H,4,11,13H2,1-3H3,(H,25,27)(H2,24,26,28,31). The highest BCUT2D eigenvalue weighted by Gasteiger charge is 2.12. The van der Waals surface area contributed by atoms with Gasteiger partial charge in [-0.25, -0.2) is 0 Å². The molecular weight excluding hydrogens is 482 g/mol. The zero-order valence-corrected chi connectivity index (χ0v) is 20.1. The third-order valence-electron chi connectivity index (χ3n) is 4.11. The van der Waals surface area contributed by atoms with Crippen molar-refractivity contribution >= 4 is 45.1 Å². The summed E-state index contributed by atoms with van der Waals surface area (Å²) in [6.07, 6.45) is 0.885. The van der Waals surface area contributed by atoms with Crippen LogP contribution in [0.5, 0.6) is 11.5 Å². The molecule has 2 aromatic carbocycles. The topological polar surface area (TPSA) is 88.7 Å². The molecule has 0 atom stereocenters. The van der Waals surface area contributed by atoms with E-state index in [1.165, 1.54) is 5.56 Å². The maximum absolute atomic E-state index is 12.3. The molecule has 3 N–H and O–H groups in total. The van der Waals surface area contributed by atoms with E-state index in [1.54, 1.807) is 18.2 Å². The highest BCUT2D eigenvalue weighted by atomic mass is 79.9. The lowest BCUT2D eigenvalue weighted by atomic mass is 10.0. The molecule has 0 aliphatic carbocycles. The van der Waals surface area contributed by atoms with Gasteiger partial charge in [0.1, 0.15) is 11.5 Å². The average Bonchev–Trinajstić information content (AvgIpc) is 2.75. The van der Waals surface area contributed by atoms with Gasteiger partial charge in [0.15, 0.2) is 11.7 Å². The molecule has 0 fully saturated rings. The van der Waals surface area contributed by atoms with Gasteiger partial charge in [0.25, 0.3) is 11.8 Å². The number of hydrazine groups is 1. The number of ether oxygens (including phenoxy) is 2. The van der Waals surface area contributed by atoms with E-state index in [4.69, 9.17) is 21.7 Å². The number of nitrogens with one attached hydrogen (secondary N) is 3. The van der Waals surface area contributed by atoms with Crippen LogP contribution < -0.4 is 25.6 Å². The summed E-state index contributed by atoms with van der Waals surface area (Å²) in [5.41, 5.74) is 6.44. The van der Waals surface area contributed by atoms with Crippen molar-refractivity contribution in [3.05, 3.63) is 58.1 Å². The molecule has 0 aromatic heterocycles. The molecule has 0 bridgehead atoms. The van der Waals surface area contributed by atoms with Crippen LogP contribution in [0, 0.1) is 0 Å². The molecule has 7 nitrogen and oxygen atoms in total. The maximum atomic E-state index is 12.3. The predicted octanol–water partition coefficient (Wildman–Crippen LogP) is 4.08. The minimum Gasteiger partial charge on any atom is -0.492 e. The summed E-state index contributed by atoms with van der Waals surface area (Å²) < 4.78 is 11.7. The highest BCUT2D eigenvalue weighted by molar-refractivity contribution is 9.10. The molecule has 0 spiro atoms. The van der Waals surface area contributed by atoms with E-state index in [1.807, 2.05) is 31.2 Å². The first kappa shape index (κ1) is 24.6. The van der Waals surface area contributed by atoms with E-state index < -0.39 is 11.8 Å². The fourth-order valence-corrected chi connectivity index (χ4v) is 3.08. The SMILES string of the molecule is CCCOc1ccc(C(=O)NC(=S)NNC(=O)COc2ccc(C(C)C)cc2)cc1Br. The molecule has 0 aliphatic rings. The molecule has 0 unspecified atom stereocenters. The van der Waals surface area contributed by atoms with Crippen molar-refractivity contribution < 1.29 is 19.1 Å². The van der Waals surface area contributed by atoms with Crippen molar-refractivity contribution in [2.75, 3.05) is 13.2 Å². The minimum atomic E-state index is -0.440. The molecular formula is C22H26BrN3O4S. The molecule has 2 amide bonds. The van der Waals surface area contributed by atoms with E-state index in [0.29, 0.717) is 34.1 Å². The summed E-state index contributed by atoms with van der Waals surface area (Å²) in [7, 11) is 0. The highest BCUT2D eigenvalue weighted by Crippen LogP contribution is 2.26. The zero-order chi connectivity index (χ0) is 22.8. The van der Waals surface area contributed by atoms with Gasteiger partial charge in [0.2, 0.25) is 0 Å². The first-order valence-electron chi connectivity index (χ1n) is 9.85. The second kappa shape index (κ2) is 12.3. The second-order valence-corrected chi connectivity index (χ2v) is 8.23. The molecule has 9 heteroatoms. The van der Waals surface area contributed by atoms with Gasteiger partial charge in [-0.05, 0) is 76.4 Å². The Morgan fingerprint density at radius 2 is 1.77 bits per heavy atom. The third kappa shape index (κ3) is 8.18. The number of halogens is 1. The number of amides is 2. The Labute approximate surface area is 196 Å². The normalized spacial score (nSPS) is 10.4. The summed E-state index contributed by atoms with van der Waals surface area (Å²) in [5.74, 6) is 0.810. The van der Waals surface area contributed by atoms with Gasteiger partial charge in [0, 0.05) is 5.56 Å². The summed E-state index contributed by atoms with van der Waals surface area (Å²) in [5, 5.41) is 2.46. The number of hydrogen-bond acceptors (Lipinski definition) is 5. The Hall–Kier alpha value is -2.65. The van der Waals surface area contributed by atoms with Crippen molar-refractivity contribution in [3.8, 4) is 11.5 Å². The Bertz CT molecular complexity index is 919. The lowest BCUT2D eigenvalue weighted by molar-refractivity contribution is -0.123. The zero-order valence-electron chi connectivity index (χ0n) is 17.7. The van der Waals surface area contributed by atoms with Gasteiger partial charge in [-0.2, -0.15) is 0 Å². The Kier molecular flexibility index (Phi) is 9.74. The third-order valence-corrected chi connectivity index (χ3v) is 4.94. The van der Waals surface area contributed by atoms with Crippen LogP contribution in [0.25, 0.3) is 0 Å².